The lowest BCUT2D eigenvalue weighted by Gasteiger charge is -2.30. The third-order valence-electron chi connectivity index (χ3n) is 5.51. The van der Waals surface area contributed by atoms with Gasteiger partial charge in [0.25, 0.3) is 0 Å². The summed E-state index contributed by atoms with van der Waals surface area (Å²) in [6, 6.07) is 17.1. The highest BCUT2D eigenvalue weighted by molar-refractivity contribution is 6.16. The first-order chi connectivity index (χ1) is 13.1. The number of amides is 1. The van der Waals surface area contributed by atoms with E-state index in [2.05, 4.69) is 6.92 Å². The minimum absolute atomic E-state index is 0.00945. The monoisotopic (exact) mass is 360 g/mol. The zero-order valence-corrected chi connectivity index (χ0v) is 15.6. The van der Waals surface area contributed by atoms with Gasteiger partial charge in [0.2, 0.25) is 5.91 Å². The molecule has 2 heterocycles. The summed E-state index contributed by atoms with van der Waals surface area (Å²) in [6.45, 7) is 4.17. The van der Waals surface area contributed by atoms with Crippen molar-refractivity contribution in [1.29, 1.82) is 0 Å². The smallest absolute Gasteiger partial charge is 0.242 e. The van der Waals surface area contributed by atoms with Crippen LogP contribution in [0.25, 0.3) is 10.9 Å². The molecule has 0 aliphatic carbocycles. The van der Waals surface area contributed by atoms with E-state index in [9.17, 15) is 9.59 Å². The van der Waals surface area contributed by atoms with Gasteiger partial charge in [0.05, 0.1) is 0 Å². The summed E-state index contributed by atoms with van der Waals surface area (Å²) >= 11 is 0. The molecule has 1 aromatic heterocycles. The molecular formula is C23H24N2O2. The lowest BCUT2D eigenvalue weighted by Crippen LogP contribution is -2.39. The Bertz CT molecular complexity index is 966. The fourth-order valence-corrected chi connectivity index (χ4v) is 3.81. The molecule has 4 heteroatoms. The van der Waals surface area contributed by atoms with E-state index in [4.69, 9.17) is 0 Å². The molecule has 1 aliphatic heterocycles. The lowest BCUT2D eigenvalue weighted by molar-refractivity contribution is -0.133. The number of piperidine rings is 1. The van der Waals surface area contributed by atoms with Crippen molar-refractivity contribution in [3.63, 3.8) is 0 Å². The molecule has 27 heavy (non-hydrogen) atoms. The minimum Gasteiger partial charge on any atom is -0.341 e. The van der Waals surface area contributed by atoms with Crippen molar-refractivity contribution in [2.75, 3.05) is 13.1 Å². The number of hydrogen-bond acceptors (Lipinski definition) is 2. The van der Waals surface area contributed by atoms with Crippen LogP contribution in [0, 0.1) is 5.92 Å². The molecule has 138 valence electrons. The second-order valence-electron chi connectivity index (χ2n) is 7.45. The quantitative estimate of drug-likeness (QED) is 0.657. The van der Waals surface area contributed by atoms with Gasteiger partial charge in [-0.25, -0.2) is 0 Å². The normalized spacial score (nSPS) is 15.2. The van der Waals surface area contributed by atoms with Crippen LogP contribution < -0.4 is 0 Å². The van der Waals surface area contributed by atoms with Crippen molar-refractivity contribution in [3.8, 4) is 0 Å². The minimum atomic E-state index is -0.00945. The highest BCUT2D eigenvalue weighted by atomic mass is 16.2. The van der Waals surface area contributed by atoms with Crippen molar-refractivity contribution < 1.29 is 9.59 Å². The van der Waals surface area contributed by atoms with Gasteiger partial charge in [-0.1, -0.05) is 55.5 Å². The third kappa shape index (κ3) is 3.52. The Hall–Kier alpha value is -2.88. The summed E-state index contributed by atoms with van der Waals surface area (Å²) in [6.07, 6.45) is 3.97. The number of rotatable bonds is 4. The van der Waals surface area contributed by atoms with E-state index in [1.165, 1.54) is 0 Å². The molecule has 2 aromatic carbocycles. The van der Waals surface area contributed by atoms with Crippen molar-refractivity contribution in [1.82, 2.24) is 9.47 Å². The van der Waals surface area contributed by atoms with Crippen molar-refractivity contribution in [2.45, 2.75) is 26.3 Å². The summed E-state index contributed by atoms with van der Waals surface area (Å²) in [5.74, 6) is 0.808. The first-order valence-electron chi connectivity index (χ1n) is 9.59. The number of likely N-dealkylation sites (tertiary alicyclic amines) is 1. The number of fused-ring (bicyclic) bond motifs is 1. The number of hydrogen-bond donors (Lipinski definition) is 0. The molecule has 0 radical (unpaired) electrons. The second kappa shape index (κ2) is 7.39. The Morgan fingerprint density at radius 3 is 2.37 bits per heavy atom. The number of para-hydroxylation sites is 1. The van der Waals surface area contributed by atoms with Crippen LogP contribution in [0.1, 0.15) is 35.7 Å². The van der Waals surface area contributed by atoms with Gasteiger partial charge in [-0.15, -0.1) is 0 Å². The summed E-state index contributed by atoms with van der Waals surface area (Å²) in [4.78, 5) is 27.7. The van der Waals surface area contributed by atoms with Gasteiger partial charge in [-0.3, -0.25) is 9.59 Å². The van der Waals surface area contributed by atoms with Gasteiger partial charge in [-0.2, -0.15) is 0 Å². The Kier molecular flexibility index (Phi) is 4.80. The topological polar surface area (TPSA) is 42.3 Å². The van der Waals surface area contributed by atoms with Crippen LogP contribution in [-0.4, -0.2) is 34.2 Å². The van der Waals surface area contributed by atoms with Crippen LogP contribution in [0.2, 0.25) is 0 Å². The molecule has 1 amide bonds. The van der Waals surface area contributed by atoms with Gasteiger partial charge in [-0.05, 0) is 24.8 Å². The third-order valence-corrected chi connectivity index (χ3v) is 5.51. The van der Waals surface area contributed by atoms with Gasteiger partial charge in [0.15, 0.2) is 5.78 Å². The average molecular weight is 360 g/mol. The largest absolute Gasteiger partial charge is 0.341 e. The van der Waals surface area contributed by atoms with Gasteiger partial charge < -0.3 is 9.47 Å². The van der Waals surface area contributed by atoms with E-state index in [-0.39, 0.29) is 18.2 Å². The molecule has 0 saturated carbocycles. The zero-order valence-electron chi connectivity index (χ0n) is 15.6. The lowest BCUT2D eigenvalue weighted by atomic mass is 9.99. The average Bonchev–Trinajstić information content (AvgIpc) is 3.07. The molecule has 0 N–H and O–H groups in total. The molecule has 1 aliphatic rings. The highest BCUT2D eigenvalue weighted by Crippen LogP contribution is 2.24. The van der Waals surface area contributed by atoms with E-state index in [1.807, 2.05) is 70.3 Å². The first kappa shape index (κ1) is 17.5. The van der Waals surface area contributed by atoms with Crippen molar-refractivity contribution in [3.05, 3.63) is 71.9 Å². The number of aromatic nitrogens is 1. The molecular weight excluding hydrogens is 336 g/mol. The summed E-state index contributed by atoms with van der Waals surface area (Å²) in [7, 11) is 0. The molecule has 1 fully saturated rings. The molecule has 3 aromatic rings. The molecule has 4 rings (SSSR count). The second-order valence-corrected chi connectivity index (χ2v) is 7.45. The molecule has 4 nitrogen and oxygen atoms in total. The number of benzene rings is 2. The SMILES string of the molecule is CC1CCN(C(=O)Cn2cc(C(=O)c3ccccc3)c3ccccc32)CC1. The van der Waals surface area contributed by atoms with E-state index >= 15 is 0 Å². The predicted molar refractivity (Wildman–Crippen MR) is 107 cm³/mol. The Balaban J connectivity index is 1.64. The van der Waals surface area contributed by atoms with Gasteiger partial charge in [0, 0.05) is 41.3 Å². The molecule has 1 saturated heterocycles. The van der Waals surface area contributed by atoms with Crippen LogP contribution in [0.3, 0.4) is 0 Å². The van der Waals surface area contributed by atoms with E-state index in [0.29, 0.717) is 17.0 Å². The standard InChI is InChI=1S/C23H24N2O2/c1-17-11-13-24(14-12-17)22(26)16-25-15-20(19-9-5-6-10-21(19)25)23(27)18-7-3-2-4-8-18/h2-10,15,17H,11-14,16H2,1H3. The van der Waals surface area contributed by atoms with Crippen LogP contribution in [0.5, 0.6) is 0 Å². The highest BCUT2D eigenvalue weighted by Gasteiger charge is 2.22. The van der Waals surface area contributed by atoms with E-state index in [0.717, 1.165) is 36.8 Å². The zero-order chi connectivity index (χ0) is 18.8. The van der Waals surface area contributed by atoms with Crippen molar-refractivity contribution >= 4 is 22.6 Å². The Morgan fingerprint density at radius 2 is 1.63 bits per heavy atom. The maximum atomic E-state index is 13.0. The fraction of sp³-hybridized carbons (Fsp3) is 0.304. The molecule has 0 unspecified atom stereocenters. The van der Waals surface area contributed by atoms with E-state index in [1.54, 1.807) is 0 Å². The number of ketones is 1. The molecule has 0 atom stereocenters. The Morgan fingerprint density at radius 1 is 0.963 bits per heavy atom. The molecule has 0 bridgehead atoms. The number of carbonyl (C=O) groups is 2. The van der Waals surface area contributed by atoms with Crippen molar-refractivity contribution in [2.24, 2.45) is 5.92 Å². The van der Waals surface area contributed by atoms with Gasteiger partial charge >= 0.3 is 0 Å². The first-order valence-corrected chi connectivity index (χ1v) is 9.59. The number of carbonyl (C=O) groups excluding carboxylic acids is 2. The maximum Gasteiger partial charge on any atom is 0.242 e. The fourth-order valence-electron chi connectivity index (χ4n) is 3.81. The Labute approximate surface area is 159 Å². The summed E-state index contributed by atoms with van der Waals surface area (Å²) in [5.41, 5.74) is 2.24. The summed E-state index contributed by atoms with van der Waals surface area (Å²) in [5, 5.41) is 0.895. The van der Waals surface area contributed by atoms with E-state index < -0.39 is 0 Å². The van der Waals surface area contributed by atoms with Crippen LogP contribution >= 0.6 is 0 Å². The maximum absolute atomic E-state index is 13.0. The van der Waals surface area contributed by atoms with Crippen LogP contribution in [-0.2, 0) is 11.3 Å². The van der Waals surface area contributed by atoms with Crippen LogP contribution in [0.4, 0.5) is 0 Å². The number of nitrogens with zero attached hydrogens (tertiary/aromatic N) is 2. The molecule has 0 spiro atoms. The van der Waals surface area contributed by atoms with Gasteiger partial charge in [0.1, 0.15) is 6.54 Å². The summed E-state index contributed by atoms with van der Waals surface area (Å²) < 4.78 is 1.92. The predicted octanol–water partition coefficient (Wildman–Crippen LogP) is 4.13. The van der Waals surface area contributed by atoms with Crippen LogP contribution in [0.15, 0.2) is 60.8 Å².